The Morgan fingerprint density at radius 3 is 2.57 bits per heavy atom. The molecule has 3 nitrogen and oxygen atoms in total. The quantitative estimate of drug-likeness (QED) is 0.665. The van der Waals surface area contributed by atoms with Crippen LogP contribution in [0.4, 0.5) is 5.69 Å². The minimum Gasteiger partial charge on any atom is -0.384 e. The molecule has 0 bridgehead atoms. The van der Waals surface area contributed by atoms with Crippen molar-refractivity contribution in [2.45, 2.75) is 32.7 Å². The van der Waals surface area contributed by atoms with Gasteiger partial charge in [-0.05, 0) is 36.3 Å². The van der Waals surface area contributed by atoms with E-state index in [1.54, 1.807) is 0 Å². The predicted molar refractivity (Wildman–Crippen MR) is 90.2 cm³/mol. The van der Waals surface area contributed by atoms with Crippen molar-refractivity contribution in [2.75, 3.05) is 11.4 Å². The molecule has 110 valence electrons. The van der Waals surface area contributed by atoms with Crippen LogP contribution in [-0.4, -0.2) is 18.4 Å². The van der Waals surface area contributed by atoms with Gasteiger partial charge in [-0.2, -0.15) is 0 Å². The highest BCUT2D eigenvalue weighted by Gasteiger charge is 2.28. The molecule has 1 fully saturated rings. The summed E-state index contributed by atoms with van der Waals surface area (Å²) in [7, 11) is 0. The van der Waals surface area contributed by atoms with Crippen molar-refractivity contribution in [3.05, 3.63) is 42.0 Å². The molecular formula is C18H23N3. The molecule has 1 aliphatic rings. The summed E-state index contributed by atoms with van der Waals surface area (Å²) in [4.78, 5) is 2.54. The highest BCUT2D eigenvalue weighted by molar-refractivity contribution is 6.10. The normalized spacial score (nSPS) is 18.6. The fraction of sp³-hybridized carbons (Fsp3) is 0.389. The molecular weight excluding hydrogens is 258 g/mol. The minimum atomic E-state index is 0.139. The van der Waals surface area contributed by atoms with Gasteiger partial charge >= 0.3 is 0 Å². The zero-order chi connectivity index (χ0) is 15.0. The van der Waals surface area contributed by atoms with E-state index in [2.05, 4.69) is 43.0 Å². The molecule has 2 aromatic rings. The van der Waals surface area contributed by atoms with E-state index in [-0.39, 0.29) is 5.84 Å². The van der Waals surface area contributed by atoms with Crippen molar-refractivity contribution in [1.29, 1.82) is 5.41 Å². The Morgan fingerprint density at radius 1 is 1.19 bits per heavy atom. The number of nitrogens with zero attached hydrogens (tertiary/aromatic N) is 1. The predicted octanol–water partition coefficient (Wildman–Crippen LogP) is 3.75. The number of nitrogen functional groups attached to an aromatic ring is 1. The maximum absolute atomic E-state index is 7.77. The van der Waals surface area contributed by atoms with Gasteiger partial charge in [-0.15, -0.1) is 0 Å². The van der Waals surface area contributed by atoms with Gasteiger partial charge in [-0.1, -0.05) is 38.1 Å². The largest absolute Gasteiger partial charge is 0.384 e. The van der Waals surface area contributed by atoms with Gasteiger partial charge in [0.1, 0.15) is 5.84 Å². The summed E-state index contributed by atoms with van der Waals surface area (Å²) in [5, 5.41) is 10.1. The Labute approximate surface area is 126 Å². The van der Waals surface area contributed by atoms with Gasteiger partial charge in [0.15, 0.2) is 0 Å². The Kier molecular flexibility index (Phi) is 3.58. The minimum absolute atomic E-state index is 0.139. The van der Waals surface area contributed by atoms with Crippen molar-refractivity contribution < 1.29 is 0 Å². The summed E-state index contributed by atoms with van der Waals surface area (Å²) < 4.78 is 0. The Bertz CT molecular complexity index is 675. The van der Waals surface area contributed by atoms with Gasteiger partial charge in [-0.3, -0.25) is 5.41 Å². The fourth-order valence-corrected chi connectivity index (χ4v) is 3.55. The Morgan fingerprint density at radius 2 is 1.90 bits per heavy atom. The van der Waals surface area contributed by atoms with Crippen LogP contribution in [0, 0.1) is 11.3 Å². The number of amidine groups is 1. The maximum Gasteiger partial charge on any atom is 0.123 e. The van der Waals surface area contributed by atoms with Gasteiger partial charge in [0.05, 0.1) is 0 Å². The first-order valence-corrected chi connectivity index (χ1v) is 7.72. The fourth-order valence-electron chi connectivity index (χ4n) is 3.55. The summed E-state index contributed by atoms with van der Waals surface area (Å²) in [6.45, 7) is 5.72. The monoisotopic (exact) mass is 281 g/mol. The number of hydrogen-bond donors (Lipinski definition) is 2. The van der Waals surface area contributed by atoms with Gasteiger partial charge in [0, 0.05) is 29.2 Å². The van der Waals surface area contributed by atoms with Crippen LogP contribution in [0.15, 0.2) is 36.4 Å². The van der Waals surface area contributed by atoms with Crippen LogP contribution < -0.4 is 10.6 Å². The highest BCUT2D eigenvalue weighted by atomic mass is 15.2. The lowest BCUT2D eigenvalue weighted by molar-refractivity contribution is 0.492. The topological polar surface area (TPSA) is 53.1 Å². The first-order valence-electron chi connectivity index (χ1n) is 7.72. The molecule has 0 radical (unpaired) electrons. The Hall–Kier alpha value is -2.03. The lowest BCUT2D eigenvalue weighted by Crippen LogP contribution is -2.33. The number of fused-ring (bicyclic) bond motifs is 1. The average Bonchev–Trinajstić information content (AvgIpc) is 2.95. The average molecular weight is 281 g/mol. The van der Waals surface area contributed by atoms with E-state index in [9.17, 15) is 0 Å². The standard InChI is InChI=1S/C18H23N3/c1-12(2)16-8-5-11-21(16)17-10-9-15(18(19)20)13-6-3-4-7-14(13)17/h3-4,6-7,9-10,12,16H,5,8,11H2,1-2H3,(H3,19,20). The van der Waals surface area contributed by atoms with Crippen LogP contribution in [0.2, 0.25) is 0 Å². The number of nitrogens with two attached hydrogens (primary N) is 1. The molecule has 3 N–H and O–H groups in total. The number of anilines is 1. The van der Waals surface area contributed by atoms with Crippen molar-refractivity contribution >= 4 is 22.3 Å². The van der Waals surface area contributed by atoms with E-state index in [1.807, 2.05) is 12.1 Å². The van der Waals surface area contributed by atoms with Crippen LogP contribution in [0.5, 0.6) is 0 Å². The summed E-state index contributed by atoms with van der Waals surface area (Å²) in [5.74, 6) is 0.790. The first kappa shape index (κ1) is 13.9. The molecule has 1 unspecified atom stereocenters. The summed E-state index contributed by atoms with van der Waals surface area (Å²) in [6.07, 6.45) is 2.52. The summed E-state index contributed by atoms with van der Waals surface area (Å²) in [6, 6.07) is 13.0. The molecule has 1 heterocycles. The molecule has 0 saturated carbocycles. The van der Waals surface area contributed by atoms with Crippen molar-refractivity contribution in [2.24, 2.45) is 11.7 Å². The lowest BCUT2D eigenvalue weighted by atomic mass is 9.98. The zero-order valence-corrected chi connectivity index (χ0v) is 12.8. The molecule has 1 atom stereocenters. The third kappa shape index (κ3) is 2.37. The van der Waals surface area contributed by atoms with Gasteiger partial charge in [-0.25, -0.2) is 0 Å². The third-order valence-corrected chi connectivity index (χ3v) is 4.57. The van der Waals surface area contributed by atoms with Gasteiger partial charge in [0.2, 0.25) is 0 Å². The first-order chi connectivity index (χ1) is 10.1. The lowest BCUT2D eigenvalue weighted by Gasteiger charge is -2.31. The molecule has 3 heteroatoms. The van der Waals surface area contributed by atoms with Crippen molar-refractivity contribution in [3.8, 4) is 0 Å². The second-order valence-corrected chi connectivity index (χ2v) is 6.24. The van der Waals surface area contributed by atoms with E-state index in [0.29, 0.717) is 12.0 Å². The van der Waals surface area contributed by atoms with E-state index >= 15 is 0 Å². The molecule has 3 rings (SSSR count). The molecule has 21 heavy (non-hydrogen) atoms. The second-order valence-electron chi connectivity index (χ2n) is 6.24. The summed E-state index contributed by atoms with van der Waals surface area (Å²) >= 11 is 0. The van der Waals surface area contributed by atoms with Gasteiger partial charge < -0.3 is 10.6 Å². The number of rotatable bonds is 3. The van der Waals surface area contributed by atoms with Crippen LogP contribution in [0.25, 0.3) is 10.8 Å². The van der Waals surface area contributed by atoms with Crippen LogP contribution >= 0.6 is 0 Å². The smallest absolute Gasteiger partial charge is 0.123 e. The number of nitrogens with one attached hydrogen (secondary N) is 1. The SMILES string of the molecule is CC(C)C1CCCN1c1ccc(C(=N)N)c2ccccc12. The van der Waals surface area contributed by atoms with Gasteiger partial charge in [0.25, 0.3) is 0 Å². The zero-order valence-electron chi connectivity index (χ0n) is 12.8. The third-order valence-electron chi connectivity index (χ3n) is 4.57. The molecule has 2 aromatic carbocycles. The second kappa shape index (κ2) is 5.40. The number of hydrogen-bond acceptors (Lipinski definition) is 2. The molecule has 1 aliphatic heterocycles. The Balaban J connectivity index is 2.16. The van der Waals surface area contributed by atoms with Crippen LogP contribution in [-0.2, 0) is 0 Å². The maximum atomic E-state index is 7.77. The van der Waals surface area contributed by atoms with E-state index in [1.165, 1.54) is 23.9 Å². The number of benzene rings is 2. The molecule has 0 amide bonds. The van der Waals surface area contributed by atoms with Crippen LogP contribution in [0.1, 0.15) is 32.3 Å². The molecule has 0 aromatic heterocycles. The molecule has 0 aliphatic carbocycles. The van der Waals surface area contributed by atoms with Crippen LogP contribution in [0.3, 0.4) is 0 Å². The molecule has 0 spiro atoms. The highest BCUT2D eigenvalue weighted by Crippen LogP contribution is 2.35. The molecule has 1 saturated heterocycles. The van der Waals surface area contributed by atoms with E-state index < -0.39 is 0 Å². The van der Waals surface area contributed by atoms with E-state index in [0.717, 1.165) is 17.5 Å². The van der Waals surface area contributed by atoms with Crippen molar-refractivity contribution in [3.63, 3.8) is 0 Å². The summed E-state index contributed by atoms with van der Waals surface area (Å²) in [5.41, 5.74) is 7.84. The van der Waals surface area contributed by atoms with E-state index in [4.69, 9.17) is 11.1 Å². The van der Waals surface area contributed by atoms with Crippen molar-refractivity contribution in [1.82, 2.24) is 0 Å².